The number of ketones is 1. The lowest BCUT2D eigenvalue weighted by Gasteiger charge is -2.22. The van der Waals surface area contributed by atoms with Crippen molar-refractivity contribution in [1.29, 1.82) is 0 Å². The first kappa shape index (κ1) is 11.1. The molecule has 2 aliphatic rings. The molecule has 5 heteroatoms. The maximum absolute atomic E-state index is 11.9. The van der Waals surface area contributed by atoms with E-state index in [1.807, 2.05) is 0 Å². The van der Waals surface area contributed by atoms with Crippen LogP contribution in [0.15, 0.2) is 0 Å². The van der Waals surface area contributed by atoms with Gasteiger partial charge in [-0.15, -0.1) is 0 Å². The zero-order valence-corrected chi connectivity index (χ0v) is 9.46. The summed E-state index contributed by atoms with van der Waals surface area (Å²) in [6.07, 6.45) is 2.28. The molecule has 0 bridgehead atoms. The summed E-state index contributed by atoms with van der Waals surface area (Å²) in [6, 6.07) is 0. The van der Waals surface area contributed by atoms with Crippen molar-refractivity contribution >= 4 is 15.6 Å². The summed E-state index contributed by atoms with van der Waals surface area (Å²) in [5, 5.41) is 0. The van der Waals surface area contributed by atoms with Crippen molar-refractivity contribution in [2.75, 3.05) is 24.7 Å². The fraction of sp³-hybridized carbons (Fsp3) is 0.900. The molecule has 0 spiro atoms. The molecule has 0 saturated carbocycles. The maximum atomic E-state index is 11.9. The predicted octanol–water partition coefficient (Wildman–Crippen LogP) is 0.417. The third kappa shape index (κ3) is 2.58. The highest BCUT2D eigenvalue weighted by Crippen LogP contribution is 2.25. The molecule has 0 aromatic rings. The zero-order chi connectivity index (χ0) is 10.9. The summed E-state index contributed by atoms with van der Waals surface area (Å²) in [7, 11) is -2.94. The molecular formula is C10H16O4S. The average molecular weight is 232 g/mol. The Hall–Kier alpha value is -0.420. The fourth-order valence-corrected chi connectivity index (χ4v) is 4.07. The lowest BCUT2D eigenvalue weighted by atomic mass is 9.89. The summed E-state index contributed by atoms with van der Waals surface area (Å²) in [5.74, 6) is 0.0220. The first-order valence-corrected chi connectivity index (χ1v) is 7.22. The van der Waals surface area contributed by atoms with Crippen LogP contribution in [0.3, 0.4) is 0 Å². The Balaban J connectivity index is 1.96. The number of hydrogen-bond donors (Lipinski definition) is 0. The second-order valence-corrected chi connectivity index (χ2v) is 6.65. The first-order chi connectivity index (χ1) is 7.08. The van der Waals surface area contributed by atoms with E-state index >= 15 is 0 Å². The van der Waals surface area contributed by atoms with Crippen molar-refractivity contribution in [3.05, 3.63) is 0 Å². The molecule has 2 heterocycles. The number of sulfone groups is 1. The van der Waals surface area contributed by atoms with Gasteiger partial charge < -0.3 is 4.74 Å². The second kappa shape index (κ2) is 4.22. The Kier molecular flexibility index (Phi) is 3.11. The molecule has 0 N–H and O–H groups in total. The molecule has 15 heavy (non-hydrogen) atoms. The number of Topliss-reactive ketones (excluding diaryl/α,β-unsaturated/α-hetero) is 1. The lowest BCUT2D eigenvalue weighted by molar-refractivity contribution is -0.130. The normalized spacial score (nSPS) is 35.2. The predicted molar refractivity (Wildman–Crippen MR) is 55.3 cm³/mol. The third-order valence-corrected chi connectivity index (χ3v) is 4.97. The Bertz CT molecular complexity index is 340. The summed E-state index contributed by atoms with van der Waals surface area (Å²) in [4.78, 5) is 11.9. The van der Waals surface area contributed by atoms with Crippen LogP contribution in [0, 0.1) is 11.8 Å². The third-order valence-electron chi connectivity index (χ3n) is 3.20. The van der Waals surface area contributed by atoms with E-state index in [0.717, 1.165) is 19.4 Å². The SMILES string of the molecule is O=C(C1CCCOC1)C1CCS(=O)(=O)C1. The minimum atomic E-state index is -2.94. The van der Waals surface area contributed by atoms with Crippen molar-refractivity contribution in [1.82, 2.24) is 0 Å². The zero-order valence-electron chi connectivity index (χ0n) is 8.65. The standard InChI is InChI=1S/C10H16O4S/c11-10(8-2-1-4-14-6-8)9-3-5-15(12,13)7-9/h8-9H,1-7H2. The van der Waals surface area contributed by atoms with Gasteiger partial charge in [0.15, 0.2) is 9.84 Å². The van der Waals surface area contributed by atoms with Crippen LogP contribution in [0.5, 0.6) is 0 Å². The van der Waals surface area contributed by atoms with Crippen LogP contribution in [0.4, 0.5) is 0 Å². The molecular weight excluding hydrogens is 216 g/mol. The quantitative estimate of drug-likeness (QED) is 0.692. The van der Waals surface area contributed by atoms with E-state index in [1.165, 1.54) is 0 Å². The van der Waals surface area contributed by atoms with Gasteiger partial charge in [-0.25, -0.2) is 8.42 Å². The monoisotopic (exact) mass is 232 g/mol. The van der Waals surface area contributed by atoms with E-state index in [4.69, 9.17) is 4.74 Å². The molecule has 0 aromatic carbocycles. The van der Waals surface area contributed by atoms with E-state index in [9.17, 15) is 13.2 Å². The molecule has 0 radical (unpaired) electrons. The summed E-state index contributed by atoms with van der Waals surface area (Å²) in [5.41, 5.74) is 0. The van der Waals surface area contributed by atoms with Gasteiger partial charge in [-0.05, 0) is 19.3 Å². The van der Waals surface area contributed by atoms with Crippen molar-refractivity contribution in [2.24, 2.45) is 11.8 Å². The molecule has 2 unspecified atom stereocenters. The van der Waals surface area contributed by atoms with Gasteiger partial charge >= 0.3 is 0 Å². The van der Waals surface area contributed by atoms with Gasteiger partial charge in [0, 0.05) is 18.4 Å². The fourth-order valence-electron chi connectivity index (χ4n) is 2.32. The molecule has 86 valence electrons. The lowest BCUT2D eigenvalue weighted by Crippen LogP contribution is -2.31. The largest absolute Gasteiger partial charge is 0.381 e. The first-order valence-electron chi connectivity index (χ1n) is 5.40. The van der Waals surface area contributed by atoms with Crippen molar-refractivity contribution in [3.8, 4) is 0 Å². The Labute approximate surface area is 89.9 Å². The number of carbonyl (C=O) groups is 1. The number of carbonyl (C=O) groups excluding carboxylic acids is 1. The minimum absolute atomic E-state index is 0.0579. The number of rotatable bonds is 2. The van der Waals surface area contributed by atoms with Crippen LogP contribution in [0.1, 0.15) is 19.3 Å². The highest BCUT2D eigenvalue weighted by molar-refractivity contribution is 7.91. The summed E-state index contributed by atoms with van der Waals surface area (Å²) in [6.45, 7) is 1.21. The van der Waals surface area contributed by atoms with Gasteiger partial charge in [-0.1, -0.05) is 0 Å². The van der Waals surface area contributed by atoms with Gasteiger partial charge in [-0.2, -0.15) is 0 Å². The molecule has 2 aliphatic heterocycles. The van der Waals surface area contributed by atoms with Gasteiger partial charge in [0.1, 0.15) is 5.78 Å². The van der Waals surface area contributed by atoms with Crippen molar-refractivity contribution in [2.45, 2.75) is 19.3 Å². The van der Waals surface area contributed by atoms with E-state index in [0.29, 0.717) is 13.0 Å². The number of hydrogen-bond acceptors (Lipinski definition) is 4. The van der Waals surface area contributed by atoms with Crippen LogP contribution in [0.2, 0.25) is 0 Å². The van der Waals surface area contributed by atoms with Crippen LogP contribution in [-0.2, 0) is 19.4 Å². The molecule has 2 rings (SSSR count). The molecule has 2 fully saturated rings. The van der Waals surface area contributed by atoms with Crippen LogP contribution in [0.25, 0.3) is 0 Å². The highest BCUT2D eigenvalue weighted by Gasteiger charge is 2.36. The van der Waals surface area contributed by atoms with Gasteiger partial charge in [0.25, 0.3) is 0 Å². The van der Waals surface area contributed by atoms with E-state index in [1.54, 1.807) is 0 Å². The Morgan fingerprint density at radius 2 is 2.00 bits per heavy atom. The van der Waals surface area contributed by atoms with Gasteiger partial charge in [0.05, 0.1) is 18.1 Å². The average Bonchev–Trinajstić information content (AvgIpc) is 2.59. The maximum Gasteiger partial charge on any atom is 0.151 e. The smallest absolute Gasteiger partial charge is 0.151 e. The van der Waals surface area contributed by atoms with Crippen LogP contribution >= 0.6 is 0 Å². The van der Waals surface area contributed by atoms with Crippen LogP contribution in [-0.4, -0.2) is 38.9 Å². The molecule has 2 atom stereocenters. The number of ether oxygens (including phenoxy) is 1. The Morgan fingerprint density at radius 1 is 1.20 bits per heavy atom. The minimum Gasteiger partial charge on any atom is -0.381 e. The molecule has 0 aliphatic carbocycles. The Morgan fingerprint density at radius 3 is 2.53 bits per heavy atom. The second-order valence-electron chi connectivity index (χ2n) is 4.42. The summed E-state index contributed by atoms with van der Waals surface area (Å²) < 4.78 is 27.7. The summed E-state index contributed by atoms with van der Waals surface area (Å²) >= 11 is 0. The van der Waals surface area contributed by atoms with Crippen molar-refractivity contribution in [3.63, 3.8) is 0 Å². The molecule has 0 aromatic heterocycles. The topological polar surface area (TPSA) is 60.4 Å². The van der Waals surface area contributed by atoms with Crippen LogP contribution < -0.4 is 0 Å². The van der Waals surface area contributed by atoms with E-state index in [2.05, 4.69) is 0 Å². The van der Waals surface area contributed by atoms with Gasteiger partial charge in [0.2, 0.25) is 0 Å². The molecule has 0 amide bonds. The van der Waals surface area contributed by atoms with Crippen molar-refractivity contribution < 1.29 is 17.9 Å². The van der Waals surface area contributed by atoms with E-state index in [-0.39, 0.29) is 29.1 Å². The van der Waals surface area contributed by atoms with E-state index < -0.39 is 9.84 Å². The molecule has 2 saturated heterocycles. The highest BCUT2D eigenvalue weighted by atomic mass is 32.2. The molecule has 4 nitrogen and oxygen atoms in total. The van der Waals surface area contributed by atoms with Gasteiger partial charge in [-0.3, -0.25) is 4.79 Å².